The van der Waals surface area contributed by atoms with E-state index in [1.54, 1.807) is 24.3 Å². The van der Waals surface area contributed by atoms with Crippen LogP contribution < -0.4 is 5.32 Å². The first-order valence-electron chi connectivity index (χ1n) is 12.5. The third-order valence-corrected chi connectivity index (χ3v) is 8.54. The molecule has 0 aliphatic carbocycles. The number of aryl methyl sites for hydroxylation is 1. The molecule has 0 saturated carbocycles. The van der Waals surface area contributed by atoms with Crippen LogP contribution in [0.4, 0.5) is 4.39 Å². The van der Waals surface area contributed by atoms with Crippen LogP contribution in [0.1, 0.15) is 33.5 Å². The van der Waals surface area contributed by atoms with E-state index in [4.69, 9.17) is 23.2 Å². The van der Waals surface area contributed by atoms with E-state index < -0.39 is 26.5 Å². The Hall–Kier alpha value is -3.43. The topological polar surface area (TPSA) is 86.7 Å². The molecule has 4 aromatic rings. The molecule has 0 unspecified atom stereocenters. The molecule has 0 atom stereocenters. The van der Waals surface area contributed by atoms with E-state index >= 15 is 0 Å². The van der Waals surface area contributed by atoms with E-state index in [2.05, 4.69) is 5.32 Å². The minimum Gasteiger partial charge on any atom is -0.505 e. The molecule has 0 aliphatic rings. The van der Waals surface area contributed by atoms with Crippen molar-refractivity contribution in [2.75, 3.05) is 6.54 Å². The Bertz CT molecular complexity index is 1570. The highest BCUT2D eigenvalue weighted by Gasteiger charge is 2.29. The molecule has 2 N–H and O–H groups in total. The van der Waals surface area contributed by atoms with Crippen LogP contribution in [0.25, 0.3) is 0 Å². The number of benzene rings is 4. The average Bonchev–Trinajstić information content (AvgIpc) is 2.94. The molecular formula is C30H27Cl2FN2O4S. The first kappa shape index (κ1) is 29.6. The monoisotopic (exact) mass is 600 g/mol. The van der Waals surface area contributed by atoms with Gasteiger partial charge in [-0.2, -0.15) is 4.31 Å². The molecule has 10 heteroatoms. The number of nitrogens with one attached hydrogen (secondary N) is 1. The fourth-order valence-corrected chi connectivity index (χ4v) is 6.26. The van der Waals surface area contributed by atoms with Gasteiger partial charge in [0.2, 0.25) is 10.0 Å². The summed E-state index contributed by atoms with van der Waals surface area (Å²) in [5, 5.41) is 13.2. The van der Waals surface area contributed by atoms with Crippen molar-refractivity contribution in [3.8, 4) is 5.75 Å². The summed E-state index contributed by atoms with van der Waals surface area (Å²) in [4.78, 5) is 12.2. The molecule has 4 rings (SSSR count). The molecule has 0 radical (unpaired) electrons. The molecule has 0 fully saturated rings. The van der Waals surface area contributed by atoms with Crippen LogP contribution in [0.5, 0.6) is 5.75 Å². The van der Waals surface area contributed by atoms with E-state index in [-0.39, 0.29) is 29.0 Å². The second-order valence-corrected chi connectivity index (χ2v) is 11.9. The standard InChI is InChI=1S/C30H27Cl2FN2O4S/c31-25-17-27(32)29(36)28(18-25)40(38,39)35(20-23-10-14-26(33)15-11-23)19-22-8-12-24(13-9-22)30(37)34-16-4-7-21-5-2-1-3-6-21/h1-3,5-6,8-15,17-18,36H,4,7,16,19-20H2,(H,34,37). The summed E-state index contributed by atoms with van der Waals surface area (Å²) >= 11 is 12.0. The van der Waals surface area contributed by atoms with Gasteiger partial charge in [-0.15, -0.1) is 0 Å². The van der Waals surface area contributed by atoms with Crippen molar-refractivity contribution in [2.45, 2.75) is 30.8 Å². The number of phenols is 1. The molecule has 0 spiro atoms. The van der Waals surface area contributed by atoms with E-state index in [1.165, 1.54) is 35.9 Å². The maximum atomic E-state index is 13.7. The zero-order valence-corrected chi connectivity index (χ0v) is 23.7. The summed E-state index contributed by atoms with van der Waals surface area (Å²) in [6.07, 6.45) is 1.65. The van der Waals surface area contributed by atoms with Gasteiger partial charge < -0.3 is 10.4 Å². The maximum absolute atomic E-state index is 13.7. The van der Waals surface area contributed by atoms with Crippen LogP contribution in [0, 0.1) is 5.82 Å². The Morgan fingerprint density at radius 1 is 0.850 bits per heavy atom. The normalized spacial score (nSPS) is 11.5. The van der Waals surface area contributed by atoms with E-state index in [0.717, 1.165) is 23.2 Å². The minimum absolute atomic E-state index is 0.0437. The van der Waals surface area contributed by atoms with Gasteiger partial charge in [0.1, 0.15) is 10.7 Å². The Morgan fingerprint density at radius 2 is 1.45 bits per heavy atom. The number of carbonyl (C=O) groups excluding carboxylic acids is 1. The molecule has 1 amide bonds. The molecule has 0 bridgehead atoms. The fourth-order valence-electron chi connectivity index (χ4n) is 4.10. The van der Waals surface area contributed by atoms with Crippen molar-refractivity contribution in [2.24, 2.45) is 0 Å². The molecule has 0 saturated heterocycles. The molecule has 6 nitrogen and oxygen atoms in total. The smallest absolute Gasteiger partial charge is 0.251 e. The average molecular weight is 602 g/mol. The number of sulfonamides is 1. The summed E-state index contributed by atoms with van der Waals surface area (Å²) in [7, 11) is -4.31. The van der Waals surface area contributed by atoms with E-state index in [9.17, 15) is 22.7 Å². The quantitative estimate of drug-likeness (QED) is 0.190. The lowest BCUT2D eigenvalue weighted by Gasteiger charge is -2.23. The van der Waals surface area contributed by atoms with Gasteiger partial charge in [0.05, 0.1) is 5.02 Å². The van der Waals surface area contributed by atoms with Gasteiger partial charge >= 0.3 is 0 Å². The van der Waals surface area contributed by atoms with Gasteiger partial charge in [-0.1, -0.05) is 77.8 Å². The highest BCUT2D eigenvalue weighted by Crippen LogP contribution is 2.36. The van der Waals surface area contributed by atoms with E-state index in [1.807, 2.05) is 30.3 Å². The SMILES string of the molecule is O=C(NCCCc1ccccc1)c1ccc(CN(Cc2ccc(F)cc2)S(=O)(=O)c2cc(Cl)cc(Cl)c2O)cc1. The Morgan fingerprint density at radius 3 is 2.08 bits per heavy atom. The Balaban J connectivity index is 1.49. The van der Waals surface area contributed by atoms with Gasteiger partial charge in [0, 0.05) is 30.2 Å². The molecule has 4 aromatic carbocycles. The molecule has 40 heavy (non-hydrogen) atoms. The maximum Gasteiger partial charge on any atom is 0.251 e. The number of hydrogen-bond donors (Lipinski definition) is 2. The summed E-state index contributed by atoms with van der Waals surface area (Å²) < 4.78 is 41.9. The van der Waals surface area contributed by atoms with Gasteiger partial charge in [-0.25, -0.2) is 12.8 Å². The van der Waals surface area contributed by atoms with Crippen molar-refractivity contribution in [1.82, 2.24) is 9.62 Å². The van der Waals surface area contributed by atoms with Crippen molar-refractivity contribution in [3.63, 3.8) is 0 Å². The lowest BCUT2D eigenvalue weighted by atomic mass is 10.1. The fraction of sp³-hybridized carbons (Fsp3) is 0.167. The van der Waals surface area contributed by atoms with Gasteiger partial charge in [-0.3, -0.25) is 4.79 Å². The van der Waals surface area contributed by atoms with Crippen molar-refractivity contribution >= 4 is 39.1 Å². The van der Waals surface area contributed by atoms with Crippen LogP contribution in [0.2, 0.25) is 10.0 Å². The summed E-state index contributed by atoms with van der Waals surface area (Å²) in [6.45, 7) is 0.308. The third kappa shape index (κ3) is 7.61. The van der Waals surface area contributed by atoms with Crippen LogP contribution in [0.3, 0.4) is 0 Å². The highest BCUT2D eigenvalue weighted by atomic mass is 35.5. The lowest BCUT2D eigenvalue weighted by molar-refractivity contribution is 0.0953. The molecule has 0 aromatic heterocycles. The molecule has 208 valence electrons. The Kier molecular flexibility index (Phi) is 9.81. The van der Waals surface area contributed by atoms with Crippen molar-refractivity contribution in [3.05, 3.63) is 129 Å². The second-order valence-electron chi connectivity index (χ2n) is 9.18. The van der Waals surface area contributed by atoms with Crippen LogP contribution >= 0.6 is 23.2 Å². The number of hydrogen-bond acceptors (Lipinski definition) is 4. The Labute approximate surface area is 243 Å². The number of rotatable bonds is 11. The summed E-state index contributed by atoms with van der Waals surface area (Å²) in [6, 6.07) is 24.4. The highest BCUT2D eigenvalue weighted by molar-refractivity contribution is 7.89. The van der Waals surface area contributed by atoms with Crippen LogP contribution in [-0.2, 0) is 29.5 Å². The van der Waals surface area contributed by atoms with Crippen molar-refractivity contribution < 1.29 is 22.7 Å². The predicted molar refractivity (Wildman–Crippen MR) is 154 cm³/mol. The predicted octanol–water partition coefficient (Wildman–Crippen LogP) is 6.59. The molecule has 0 heterocycles. The summed E-state index contributed by atoms with van der Waals surface area (Å²) in [5.41, 5.74) is 2.77. The van der Waals surface area contributed by atoms with Gasteiger partial charge in [-0.05, 0) is 65.9 Å². The molecular weight excluding hydrogens is 574 g/mol. The number of aromatic hydroxyl groups is 1. The first-order chi connectivity index (χ1) is 19.1. The number of phenolic OH excluding ortho intramolecular Hbond substituents is 1. The van der Waals surface area contributed by atoms with Crippen molar-refractivity contribution in [1.29, 1.82) is 0 Å². The molecule has 0 aliphatic heterocycles. The van der Waals surface area contributed by atoms with Gasteiger partial charge in [0.25, 0.3) is 5.91 Å². The van der Waals surface area contributed by atoms with Crippen LogP contribution in [0.15, 0.2) is 95.9 Å². The van der Waals surface area contributed by atoms with Gasteiger partial charge in [0.15, 0.2) is 5.75 Å². The number of halogens is 3. The largest absolute Gasteiger partial charge is 0.505 e. The van der Waals surface area contributed by atoms with E-state index in [0.29, 0.717) is 23.2 Å². The van der Waals surface area contributed by atoms with Crippen LogP contribution in [-0.4, -0.2) is 30.3 Å². The lowest BCUT2D eigenvalue weighted by Crippen LogP contribution is -2.30. The second kappa shape index (κ2) is 13.3. The zero-order chi connectivity index (χ0) is 28.7. The first-order valence-corrected chi connectivity index (χ1v) is 14.7. The zero-order valence-electron chi connectivity index (χ0n) is 21.4. The third-order valence-electron chi connectivity index (χ3n) is 6.23. The number of nitrogens with zero attached hydrogens (tertiary/aromatic N) is 1. The number of amides is 1. The minimum atomic E-state index is -4.31. The summed E-state index contributed by atoms with van der Waals surface area (Å²) in [5.74, 6) is -1.30. The number of carbonyl (C=O) groups is 1.